The van der Waals surface area contributed by atoms with Gasteiger partial charge >= 0.3 is 0 Å². The van der Waals surface area contributed by atoms with E-state index in [-0.39, 0.29) is 6.61 Å². The lowest BCUT2D eigenvalue weighted by Crippen LogP contribution is -2.22. The third-order valence-electron chi connectivity index (χ3n) is 2.95. The number of rotatable bonds is 17. The first kappa shape index (κ1) is 20.8. The smallest absolute Gasteiger partial charge is 0.178 e. The number of unbranched alkanes of at least 4 members (excludes halogenated alkanes) is 4. The van der Waals surface area contributed by atoms with Crippen molar-refractivity contribution in [1.29, 1.82) is 0 Å². The summed E-state index contributed by atoms with van der Waals surface area (Å²) in [6.07, 6.45) is 6.06. The molecule has 1 atom stereocenters. The van der Waals surface area contributed by atoms with Crippen molar-refractivity contribution in [2.24, 2.45) is 0 Å². The summed E-state index contributed by atoms with van der Waals surface area (Å²) in [4.78, 5) is 0. The van der Waals surface area contributed by atoms with Crippen LogP contribution in [0, 0.1) is 0 Å². The van der Waals surface area contributed by atoms with Crippen LogP contribution in [0.25, 0.3) is 0 Å². The Balaban J connectivity index is 3.10. The topological polar surface area (TPSA) is 57.2 Å². The van der Waals surface area contributed by atoms with Crippen LogP contribution in [0.2, 0.25) is 0 Å². The molecule has 0 aromatic carbocycles. The van der Waals surface area contributed by atoms with Crippen LogP contribution in [-0.2, 0) is 18.9 Å². The molecule has 1 unspecified atom stereocenters. The van der Waals surface area contributed by atoms with Crippen molar-refractivity contribution in [2.75, 3.05) is 46.2 Å². The molecular weight excluding hydrogens is 272 g/mol. The van der Waals surface area contributed by atoms with Crippen LogP contribution in [0.3, 0.4) is 0 Å². The number of aliphatic hydroxyl groups excluding tert-OH is 1. The summed E-state index contributed by atoms with van der Waals surface area (Å²) in [5, 5.41) is 9.52. The fourth-order valence-corrected chi connectivity index (χ4v) is 1.67. The minimum absolute atomic E-state index is 0.228. The molecule has 0 radical (unpaired) electrons. The molecular formula is C16H34O5. The van der Waals surface area contributed by atoms with E-state index in [0.717, 1.165) is 25.9 Å². The maximum absolute atomic E-state index is 9.52. The summed E-state index contributed by atoms with van der Waals surface area (Å²) < 4.78 is 21.2. The van der Waals surface area contributed by atoms with E-state index >= 15 is 0 Å². The van der Waals surface area contributed by atoms with E-state index in [4.69, 9.17) is 18.9 Å². The van der Waals surface area contributed by atoms with E-state index in [0.29, 0.717) is 33.0 Å². The van der Waals surface area contributed by atoms with Gasteiger partial charge in [-0.2, -0.15) is 0 Å². The van der Waals surface area contributed by atoms with Gasteiger partial charge < -0.3 is 24.1 Å². The first-order valence-electron chi connectivity index (χ1n) is 8.34. The van der Waals surface area contributed by atoms with Crippen molar-refractivity contribution in [3.8, 4) is 0 Å². The van der Waals surface area contributed by atoms with Crippen molar-refractivity contribution < 1.29 is 24.1 Å². The van der Waals surface area contributed by atoms with E-state index in [2.05, 4.69) is 13.8 Å². The number of ether oxygens (including phenoxy) is 4. The molecule has 0 fully saturated rings. The minimum atomic E-state index is -0.861. The van der Waals surface area contributed by atoms with Crippen molar-refractivity contribution >= 4 is 0 Å². The lowest BCUT2D eigenvalue weighted by molar-refractivity contribution is -0.146. The molecule has 0 aromatic heterocycles. The fourth-order valence-electron chi connectivity index (χ4n) is 1.67. The third kappa shape index (κ3) is 17.7. The number of hydrogen-bond donors (Lipinski definition) is 1. The Morgan fingerprint density at radius 1 is 0.667 bits per heavy atom. The number of aliphatic hydroxyl groups is 1. The Morgan fingerprint density at radius 3 is 2.00 bits per heavy atom. The van der Waals surface area contributed by atoms with Gasteiger partial charge in [-0.15, -0.1) is 0 Å². The predicted octanol–water partition coefficient (Wildman–Crippen LogP) is 2.75. The van der Waals surface area contributed by atoms with Gasteiger partial charge in [-0.25, -0.2) is 0 Å². The van der Waals surface area contributed by atoms with Crippen molar-refractivity contribution in [1.82, 2.24) is 0 Å². The second-order valence-corrected chi connectivity index (χ2v) is 5.04. The minimum Gasteiger partial charge on any atom is -0.379 e. The van der Waals surface area contributed by atoms with Crippen LogP contribution in [0.15, 0.2) is 0 Å². The van der Waals surface area contributed by atoms with Crippen molar-refractivity contribution in [3.63, 3.8) is 0 Å². The first-order valence-corrected chi connectivity index (χ1v) is 8.34. The van der Waals surface area contributed by atoms with Crippen LogP contribution in [0.1, 0.15) is 52.4 Å². The standard InChI is InChI=1S/C16H34O5/c1-3-5-7-8-10-20-15-16(17)21-14-13-19-12-11-18-9-6-4-2/h16-17H,3-15H2,1-2H3. The Hall–Kier alpha value is -0.200. The van der Waals surface area contributed by atoms with Crippen LogP contribution in [0.5, 0.6) is 0 Å². The maximum Gasteiger partial charge on any atom is 0.178 e. The molecule has 0 aliphatic rings. The lowest BCUT2D eigenvalue weighted by atomic mass is 10.2. The zero-order chi connectivity index (χ0) is 15.6. The molecule has 1 N–H and O–H groups in total. The molecule has 128 valence electrons. The Labute approximate surface area is 129 Å². The Morgan fingerprint density at radius 2 is 1.29 bits per heavy atom. The average Bonchev–Trinajstić information content (AvgIpc) is 2.49. The molecule has 0 saturated heterocycles. The Bertz CT molecular complexity index is 190. The largest absolute Gasteiger partial charge is 0.379 e. The molecule has 0 saturated carbocycles. The predicted molar refractivity (Wildman–Crippen MR) is 83.5 cm³/mol. The highest BCUT2D eigenvalue weighted by molar-refractivity contribution is 4.42. The van der Waals surface area contributed by atoms with Crippen LogP contribution < -0.4 is 0 Å². The second-order valence-electron chi connectivity index (χ2n) is 5.04. The quantitative estimate of drug-likeness (QED) is 0.331. The van der Waals surface area contributed by atoms with Gasteiger partial charge in [-0.3, -0.25) is 0 Å². The molecule has 0 rings (SSSR count). The highest BCUT2D eigenvalue weighted by atomic mass is 16.6. The normalized spacial score (nSPS) is 12.7. The van der Waals surface area contributed by atoms with E-state index in [1.807, 2.05) is 0 Å². The van der Waals surface area contributed by atoms with E-state index < -0.39 is 6.29 Å². The van der Waals surface area contributed by atoms with Gasteiger partial charge in [0.05, 0.1) is 33.0 Å². The van der Waals surface area contributed by atoms with E-state index in [1.165, 1.54) is 19.3 Å². The molecule has 5 heteroatoms. The van der Waals surface area contributed by atoms with Crippen molar-refractivity contribution in [2.45, 2.75) is 58.7 Å². The average molecular weight is 306 g/mol. The molecule has 0 aromatic rings. The SMILES string of the molecule is CCCCCCOCC(O)OCCOCCOCCCC. The summed E-state index contributed by atoms with van der Waals surface area (Å²) in [6, 6.07) is 0. The molecule has 0 aliphatic heterocycles. The van der Waals surface area contributed by atoms with Crippen LogP contribution in [0.4, 0.5) is 0 Å². The third-order valence-corrected chi connectivity index (χ3v) is 2.95. The van der Waals surface area contributed by atoms with Crippen molar-refractivity contribution in [3.05, 3.63) is 0 Å². The molecule has 0 spiro atoms. The van der Waals surface area contributed by atoms with Gasteiger partial charge in [0.25, 0.3) is 0 Å². The van der Waals surface area contributed by atoms with Gasteiger partial charge in [0, 0.05) is 13.2 Å². The zero-order valence-electron chi connectivity index (χ0n) is 13.8. The van der Waals surface area contributed by atoms with Crippen LogP contribution in [-0.4, -0.2) is 57.6 Å². The monoisotopic (exact) mass is 306 g/mol. The summed E-state index contributed by atoms with van der Waals surface area (Å²) in [5.74, 6) is 0. The van der Waals surface area contributed by atoms with E-state index in [1.54, 1.807) is 0 Å². The first-order chi connectivity index (χ1) is 10.3. The van der Waals surface area contributed by atoms with Gasteiger partial charge in [0.1, 0.15) is 0 Å². The molecule has 5 nitrogen and oxygen atoms in total. The highest BCUT2D eigenvalue weighted by Crippen LogP contribution is 1.99. The fraction of sp³-hybridized carbons (Fsp3) is 1.00. The molecule has 0 bridgehead atoms. The molecule has 0 amide bonds. The Kier molecular flexibility index (Phi) is 17.7. The summed E-state index contributed by atoms with van der Waals surface area (Å²) >= 11 is 0. The van der Waals surface area contributed by atoms with Gasteiger partial charge in [0.2, 0.25) is 0 Å². The zero-order valence-corrected chi connectivity index (χ0v) is 13.8. The van der Waals surface area contributed by atoms with Crippen LogP contribution >= 0.6 is 0 Å². The van der Waals surface area contributed by atoms with Gasteiger partial charge in [0.15, 0.2) is 6.29 Å². The summed E-state index contributed by atoms with van der Waals surface area (Å²) in [7, 11) is 0. The number of hydrogen-bond acceptors (Lipinski definition) is 5. The molecule has 0 heterocycles. The molecule has 21 heavy (non-hydrogen) atoms. The maximum atomic E-state index is 9.52. The van der Waals surface area contributed by atoms with E-state index in [9.17, 15) is 5.11 Å². The summed E-state index contributed by atoms with van der Waals surface area (Å²) in [6.45, 7) is 8.04. The van der Waals surface area contributed by atoms with Gasteiger partial charge in [-0.05, 0) is 12.8 Å². The molecule has 0 aliphatic carbocycles. The highest BCUT2D eigenvalue weighted by Gasteiger charge is 2.03. The summed E-state index contributed by atoms with van der Waals surface area (Å²) in [5.41, 5.74) is 0. The second kappa shape index (κ2) is 17.9. The lowest BCUT2D eigenvalue weighted by Gasteiger charge is -2.12. The van der Waals surface area contributed by atoms with Gasteiger partial charge in [-0.1, -0.05) is 39.5 Å².